The van der Waals surface area contributed by atoms with Gasteiger partial charge in [-0.25, -0.2) is 8.42 Å². The molecular formula is C10H16NO2S+. The minimum absolute atomic E-state index is 0.0255. The zero-order valence-corrected chi connectivity index (χ0v) is 9.63. The number of sulfone groups is 1. The average molecular weight is 214 g/mol. The van der Waals surface area contributed by atoms with Crippen LogP contribution in [0.4, 0.5) is 0 Å². The van der Waals surface area contributed by atoms with Gasteiger partial charge in [-0.15, -0.1) is 0 Å². The maximum Gasteiger partial charge on any atom is 0.184 e. The zero-order chi connectivity index (χ0) is 10.6. The molecule has 0 aromatic rings. The topological polar surface area (TPSA) is 34.1 Å². The molecule has 0 fully saturated rings. The van der Waals surface area contributed by atoms with E-state index in [4.69, 9.17) is 0 Å². The SMILES string of the molecule is C[N+](C)(C)[C@@H]1C=CCC2=C1S(=O)(=O)C2. The van der Waals surface area contributed by atoms with Crippen LogP contribution in [0, 0.1) is 0 Å². The third-order valence-electron chi connectivity index (χ3n) is 2.83. The summed E-state index contributed by atoms with van der Waals surface area (Å²) in [5.41, 5.74) is 1.12. The molecule has 0 radical (unpaired) electrons. The van der Waals surface area contributed by atoms with E-state index >= 15 is 0 Å². The Kier molecular flexibility index (Phi) is 1.92. The highest BCUT2D eigenvalue weighted by Gasteiger charge is 2.44. The van der Waals surface area contributed by atoms with Gasteiger partial charge in [0.2, 0.25) is 0 Å². The van der Waals surface area contributed by atoms with Crippen LogP contribution in [0.25, 0.3) is 0 Å². The van der Waals surface area contributed by atoms with Gasteiger partial charge < -0.3 is 4.48 Å². The second kappa shape index (κ2) is 2.70. The van der Waals surface area contributed by atoms with Crippen molar-refractivity contribution in [1.82, 2.24) is 0 Å². The molecule has 14 heavy (non-hydrogen) atoms. The van der Waals surface area contributed by atoms with E-state index < -0.39 is 9.84 Å². The van der Waals surface area contributed by atoms with Crippen LogP contribution < -0.4 is 0 Å². The second-order valence-electron chi connectivity index (χ2n) is 4.92. The molecule has 3 nitrogen and oxygen atoms in total. The van der Waals surface area contributed by atoms with Crippen LogP contribution in [0.2, 0.25) is 0 Å². The highest BCUT2D eigenvalue weighted by atomic mass is 32.2. The first kappa shape index (κ1) is 9.93. The molecule has 1 atom stereocenters. The average Bonchev–Trinajstić information content (AvgIpc) is 2.00. The molecule has 78 valence electrons. The molecule has 0 saturated carbocycles. The van der Waals surface area contributed by atoms with E-state index in [1.54, 1.807) is 0 Å². The molecule has 0 unspecified atom stereocenters. The Labute approximate surface area is 85.2 Å². The maximum absolute atomic E-state index is 11.6. The quantitative estimate of drug-likeness (QED) is 0.476. The molecule has 0 aromatic heterocycles. The highest BCUT2D eigenvalue weighted by molar-refractivity contribution is 7.96. The summed E-state index contributed by atoms with van der Waals surface area (Å²) >= 11 is 0. The number of nitrogens with zero attached hydrogens (tertiary/aromatic N) is 1. The lowest BCUT2D eigenvalue weighted by molar-refractivity contribution is -0.883. The number of hydrogen-bond donors (Lipinski definition) is 0. The zero-order valence-electron chi connectivity index (χ0n) is 8.82. The van der Waals surface area contributed by atoms with Crippen molar-refractivity contribution in [2.24, 2.45) is 0 Å². The van der Waals surface area contributed by atoms with Crippen molar-refractivity contribution in [2.75, 3.05) is 26.9 Å². The molecule has 0 bridgehead atoms. The van der Waals surface area contributed by atoms with Crippen molar-refractivity contribution in [2.45, 2.75) is 12.5 Å². The Morgan fingerprint density at radius 3 is 2.43 bits per heavy atom. The van der Waals surface area contributed by atoms with Crippen LogP contribution >= 0.6 is 0 Å². The van der Waals surface area contributed by atoms with E-state index in [0.717, 1.165) is 12.0 Å². The number of rotatable bonds is 1. The van der Waals surface area contributed by atoms with Gasteiger partial charge in [0.1, 0.15) is 10.9 Å². The molecule has 2 aliphatic rings. The normalized spacial score (nSPS) is 29.8. The van der Waals surface area contributed by atoms with Gasteiger partial charge >= 0.3 is 0 Å². The molecule has 0 N–H and O–H groups in total. The fourth-order valence-electron chi connectivity index (χ4n) is 2.11. The molecular weight excluding hydrogens is 198 g/mol. The first-order chi connectivity index (χ1) is 6.32. The van der Waals surface area contributed by atoms with E-state index in [1.807, 2.05) is 27.2 Å². The fourth-order valence-corrected chi connectivity index (χ4v) is 4.11. The van der Waals surface area contributed by atoms with E-state index in [0.29, 0.717) is 9.39 Å². The van der Waals surface area contributed by atoms with Crippen LogP contribution in [0.15, 0.2) is 22.6 Å². The van der Waals surface area contributed by atoms with Crippen LogP contribution in [0.3, 0.4) is 0 Å². The third kappa shape index (κ3) is 1.33. The minimum Gasteiger partial charge on any atom is -0.321 e. The van der Waals surface area contributed by atoms with Gasteiger partial charge in [-0.1, -0.05) is 6.08 Å². The predicted molar refractivity (Wildman–Crippen MR) is 56.4 cm³/mol. The molecule has 0 aromatic carbocycles. The first-order valence-corrected chi connectivity index (χ1v) is 6.40. The van der Waals surface area contributed by atoms with Gasteiger partial charge in [0, 0.05) is 0 Å². The van der Waals surface area contributed by atoms with Gasteiger partial charge in [0.05, 0.1) is 26.9 Å². The van der Waals surface area contributed by atoms with Gasteiger partial charge in [0.15, 0.2) is 9.84 Å². The Morgan fingerprint density at radius 2 is 2.00 bits per heavy atom. The van der Waals surface area contributed by atoms with Crippen LogP contribution in [-0.4, -0.2) is 45.8 Å². The van der Waals surface area contributed by atoms with Crippen molar-refractivity contribution in [3.8, 4) is 0 Å². The molecule has 1 aliphatic carbocycles. The van der Waals surface area contributed by atoms with Crippen molar-refractivity contribution >= 4 is 9.84 Å². The van der Waals surface area contributed by atoms with Gasteiger partial charge in [-0.3, -0.25) is 0 Å². The molecule has 1 aliphatic heterocycles. The van der Waals surface area contributed by atoms with Crippen LogP contribution in [0.1, 0.15) is 6.42 Å². The number of likely N-dealkylation sites (N-methyl/N-ethyl adjacent to an activating group) is 1. The summed E-state index contributed by atoms with van der Waals surface area (Å²) in [4.78, 5) is 0.688. The summed E-state index contributed by atoms with van der Waals surface area (Å²) in [6.07, 6.45) is 4.93. The predicted octanol–water partition coefficient (Wildman–Crippen LogP) is 0.704. The summed E-state index contributed by atoms with van der Waals surface area (Å²) in [6.45, 7) is 0. The summed E-state index contributed by atoms with van der Waals surface area (Å²) in [7, 11) is 3.18. The van der Waals surface area contributed by atoms with Crippen molar-refractivity contribution in [3.63, 3.8) is 0 Å². The van der Waals surface area contributed by atoms with E-state index in [9.17, 15) is 8.42 Å². The Morgan fingerprint density at radius 1 is 1.36 bits per heavy atom. The van der Waals surface area contributed by atoms with Crippen molar-refractivity contribution < 1.29 is 12.9 Å². The minimum atomic E-state index is -2.90. The molecule has 0 amide bonds. The van der Waals surface area contributed by atoms with E-state index in [2.05, 4.69) is 6.08 Å². The van der Waals surface area contributed by atoms with Gasteiger partial charge in [-0.05, 0) is 18.1 Å². The largest absolute Gasteiger partial charge is 0.321 e. The van der Waals surface area contributed by atoms with E-state index in [1.165, 1.54) is 0 Å². The number of quaternary nitrogens is 1. The summed E-state index contributed by atoms with van der Waals surface area (Å²) < 4.78 is 23.9. The lowest BCUT2D eigenvalue weighted by Crippen LogP contribution is -2.50. The smallest absolute Gasteiger partial charge is 0.184 e. The second-order valence-corrected chi connectivity index (χ2v) is 6.88. The van der Waals surface area contributed by atoms with Crippen LogP contribution in [-0.2, 0) is 9.84 Å². The van der Waals surface area contributed by atoms with Crippen molar-refractivity contribution in [3.05, 3.63) is 22.6 Å². The summed E-state index contributed by atoms with van der Waals surface area (Å²) in [5.74, 6) is 0.281. The summed E-state index contributed by atoms with van der Waals surface area (Å²) in [5, 5.41) is 0. The van der Waals surface area contributed by atoms with Crippen molar-refractivity contribution in [1.29, 1.82) is 0 Å². The lowest BCUT2D eigenvalue weighted by atomic mass is 10.0. The number of hydrogen-bond acceptors (Lipinski definition) is 2. The van der Waals surface area contributed by atoms with Gasteiger partial charge in [-0.2, -0.15) is 0 Å². The Hall–Kier alpha value is -0.610. The molecule has 2 rings (SSSR count). The summed E-state index contributed by atoms with van der Waals surface area (Å²) in [6, 6.07) is 0.0255. The molecule has 1 heterocycles. The van der Waals surface area contributed by atoms with Crippen LogP contribution in [0.5, 0.6) is 0 Å². The molecule has 4 heteroatoms. The first-order valence-electron chi connectivity index (χ1n) is 4.75. The fraction of sp³-hybridized carbons (Fsp3) is 0.600. The monoisotopic (exact) mass is 214 g/mol. The third-order valence-corrected chi connectivity index (χ3v) is 4.76. The lowest BCUT2D eigenvalue weighted by Gasteiger charge is -2.39. The maximum atomic E-state index is 11.6. The van der Waals surface area contributed by atoms with Gasteiger partial charge in [0.25, 0.3) is 0 Å². The standard InChI is InChI=1S/C10H16NO2S/c1-11(2,3)9-6-4-5-8-7-14(12,13)10(8)9/h4,6,9H,5,7H2,1-3H3/q+1/t9-/m1/s1. The Balaban J connectivity index is 2.45. The molecule has 0 saturated heterocycles. The molecule has 0 spiro atoms. The number of allylic oxidation sites excluding steroid dienone is 1. The van der Waals surface area contributed by atoms with E-state index in [-0.39, 0.29) is 11.8 Å². The highest BCUT2D eigenvalue weighted by Crippen LogP contribution is 2.38. The Bertz CT molecular complexity index is 424.